The molecule has 3 aromatic carbocycles. The summed E-state index contributed by atoms with van der Waals surface area (Å²) in [4.78, 5) is 31.6. The number of sulfone groups is 1. The van der Waals surface area contributed by atoms with Crippen molar-refractivity contribution < 1.29 is 31.2 Å². The summed E-state index contributed by atoms with van der Waals surface area (Å²) in [6.45, 7) is 13.4. The number of aldehydes is 1. The molecule has 1 amide bonds. The van der Waals surface area contributed by atoms with Gasteiger partial charge in [0.05, 0.1) is 11.4 Å². The Morgan fingerprint density at radius 1 is 0.792 bits per heavy atom. The van der Waals surface area contributed by atoms with Crippen LogP contribution in [0.3, 0.4) is 0 Å². The number of Topliss-reactive ketones (excluding diaryl/α,β-unsaturated/α-hetero) is 1. The van der Waals surface area contributed by atoms with Gasteiger partial charge in [-0.15, -0.1) is 0 Å². The second kappa shape index (κ2) is 27.8. The van der Waals surface area contributed by atoms with E-state index in [-0.39, 0.29) is 19.3 Å². The Balaban J connectivity index is 0.000000664. The monoisotopic (exact) mass is 765 g/mol. The first-order valence-corrected chi connectivity index (χ1v) is 19.2. The van der Waals surface area contributed by atoms with E-state index in [0.717, 1.165) is 50.0 Å². The predicted molar refractivity (Wildman–Crippen MR) is 215 cm³/mol. The largest absolute Gasteiger partial charge is 0.349 e. The molecule has 2 aliphatic rings. The number of nitrogens with zero attached hydrogens (tertiary/aromatic N) is 1. The van der Waals surface area contributed by atoms with Crippen LogP contribution in [0.5, 0.6) is 0 Å². The third-order valence-corrected chi connectivity index (χ3v) is 8.54. The molecule has 0 aliphatic carbocycles. The van der Waals surface area contributed by atoms with Gasteiger partial charge in [0.2, 0.25) is 0 Å². The highest BCUT2D eigenvalue weighted by Gasteiger charge is 2.19. The number of benzene rings is 3. The number of hydrogen-bond donors (Lipinski definition) is 2. The molecule has 6 rings (SSSR count). The van der Waals surface area contributed by atoms with Gasteiger partial charge >= 0.3 is 11.6 Å². The Kier molecular flexibility index (Phi) is 25.3. The maximum Gasteiger partial charge on any atom is 0.335 e. The van der Waals surface area contributed by atoms with Crippen LogP contribution in [-0.4, -0.2) is 59.0 Å². The van der Waals surface area contributed by atoms with Gasteiger partial charge in [-0.05, 0) is 61.7 Å². The molecule has 0 atom stereocenters. The van der Waals surface area contributed by atoms with E-state index in [1.165, 1.54) is 16.7 Å². The standard InChI is InChI=1S/C14H12O2S.C10H14N2O.C7H8.C5H9NO.C4H8O.CH4.O2S/c15-17(16,14-9-5-2-6-10-14)12-11-13-7-3-1-4-8-13;1-7(2)8-3-4-9-10(13)11-5-6-12(8)9;1-7-5-3-2-4-6-7;7-5-2-1-3-6-4-5;1-4(2)3-5;;1-3-2/h1-12H;3-4,7H,5-6H2,1-2H3,(H,11,13);2-6H,1H3;6H,1-4H2;3-4H,1-2H3;1H4;/b12-11+;;;;;;. The van der Waals surface area contributed by atoms with Crippen LogP contribution in [0.1, 0.15) is 81.2 Å². The summed E-state index contributed by atoms with van der Waals surface area (Å²) in [5.41, 5.74) is 4.24. The van der Waals surface area contributed by atoms with Gasteiger partial charge in [0.25, 0.3) is 5.91 Å². The number of rotatable bonds is 5. The molecule has 3 heterocycles. The Morgan fingerprint density at radius 2 is 1.32 bits per heavy atom. The van der Waals surface area contributed by atoms with Crippen LogP contribution in [0.4, 0.5) is 0 Å². The first-order chi connectivity index (χ1) is 24.9. The average Bonchev–Trinajstić information content (AvgIpc) is 3.60. The van der Waals surface area contributed by atoms with E-state index in [9.17, 15) is 22.8 Å². The van der Waals surface area contributed by atoms with Gasteiger partial charge in [0.1, 0.15) is 17.8 Å². The summed E-state index contributed by atoms with van der Waals surface area (Å²) in [6.07, 6.45) is 4.33. The average molecular weight is 766 g/mol. The molecule has 0 bridgehead atoms. The highest BCUT2D eigenvalue weighted by atomic mass is 32.2. The minimum Gasteiger partial charge on any atom is -0.349 e. The number of nitrogens with one attached hydrogen (secondary N) is 2. The van der Waals surface area contributed by atoms with E-state index in [4.69, 9.17) is 8.42 Å². The van der Waals surface area contributed by atoms with Gasteiger partial charge in [0.15, 0.2) is 9.84 Å². The number of fused-ring (bicyclic) bond motifs is 1. The fourth-order valence-electron chi connectivity index (χ4n) is 4.49. The molecule has 2 aliphatic heterocycles. The molecule has 1 aromatic heterocycles. The topological polar surface area (TPSA) is 148 Å². The van der Waals surface area contributed by atoms with Crippen LogP contribution in [0, 0.1) is 12.8 Å². The summed E-state index contributed by atoms with van der Waals surface area (Å²) in [5, 5.41) is 7.05. The molecule has 0 saturated carbocycles. The lowest BCUT2D eigenvalue weighted by Gasteiger charge is -2.19. The zero-order valence-corrected chi connectivity index (χ0v) is 32.2. The van der Waals surface area contributed by atoms with E-state index in [1.807, 2.05) is 74.5 Å². The molecule has 0 unspecified atom stereocenters. The van der Waals surface area contributed by atoms with Crippen molar-refractivity contribution in [3.63, 3.8) is 0 Å². The minimum absolute atomic E-state index is 0. The van der Waals surface area contributed by atoms with E-state index in [1.54, 1.807) is 36.4 Å². The number of amides is 1. The number of carbonyl (C=O) groups excluding carboxylic acids is 3. The molecule has 1 fully saturated rings. The fourth-order valence-corrected chi connectivity index (χ4v) is 5.52. The predicted octanol–water partition coefficient (Wildman–Crippen LogP) is 7.23. The van der Waals surface area contributed by atoms with Crippen LogP contribution < -0.4 is 10.6 Å². The van der Waals surface area contributed by atoms with Crippen LogP contribution in [0.15, 0.2) is 113 Å². The first-order valence-electron chi connectivity index (χ1n) is 17.0. The van der Waals surface area contributed by atoms with Crippen LogP contribution in [-0.2, 0) is 37.5 Å². The van der Waals surface area contributed by atoms with Crippen molar-refractivity contribution >= 4 is 45.5 Å². The Bertz CT molecular complexity index is 1780. The quantitative estimate of drug-likeness (QED) is 0.202. The van der Waals surface area contributed by atoms with Crippen LogP contribution >= 0.6 is 0 Å². The fraction of sp³-hybridized carbons (Fsp3) is 0.341. The molecule has 1 saturated heterocycles. The van der Waals surface area contributed by atoms with Crippen molar-refractivity contribution in [2.24, 2.45) is 5.92 Å². The molecule has 0 spiro atoms. The van der Waals surface area contributed by atoms with Crippen molar-refractivity contribution in [1.29, 1.82) is 0 Å². The molecule has 12 heteroatoms. The Labute approximate surface area is 319 Å². The molecule has 53 heavy (non-hydrogen) atoms. The van der Waals surface area contributed by atoms with Crippen molar-refractivity contribution in [3.05, 3.63) is 131 Å². The number of hydrogen-bond acceptors (Lipinski definition) is 8. The maximum atomic E-state index is 11.9. The summed E-state index contributed by atoms with van der Waals surface area (Å²) in [7, 11) is -3.34. The van der Waals surface area contributed by atoms with Crippen molar-refractivity contribution in [1.82, 2.24) is 15.2 Å². The van der Waals surface area contributed by atoms with Crippen LogP contribution in [0.25, 0.3) is 6.08 Å². The Morgan fingerprint density at radius 3 is 1.74 bits per heavy atom. The second-order valence-corrected chi connectivity index (χ2v) is 14.2. The molecule has 4 aromatic rings. The zero-order chi connectivity index (χ0) is 38.8. The minimum atomic E-state index is -3.34. The van der Waals surface area contributed by atoms with Gasteiger partial charge in [-0.1, -0.05) is 120 Å². The van der Waals surface area contributed by atoms with E-state index in [0.29, 0.717) is 23.1 Å². The number of ketones is 1. The highest BCUT2D eigenvalue weighted by molar-refractivity contribution is 7.94. The highest BCUT2D eigenvalue weighted by Crippen LogP contribution is 2.20. The molecule has 2 N–H and O–H groups in total. The van der Waals surface area contributed by atoms with Gasteiger partial charge in [-0.3, -0.25) is 9.59 Å². The summed E-state index contributed by atoms with van der Waals surface area (Å²) < 4.78 is 42.5. The van der Waals surface area contributed by atoms with Gasteiger partial charge < -0.3 is 20.0 Å². The van der Waals surface area contributed by atoms with Crippen LogP contribution in [0.2, 0.25) is 0 Å². The summed E-state index contributed by atoms with van der Waals surface area (Å²) in [6, 6.07) is 32.0. The number of piperidine rings is 1. The van der Waals surface area contributed by atoms with Gasteiger partial charge in [0, 0.05) is 36.5 Å². The summed E-state index contributed by atoms with van der Waals surface area (Å²) in [5.74, 6) is 1.10. The van der Waals surface area contributed by atoms with E-state index < -0.39 is 21.4 Å². The normalized spacial score (nSPS) is 12.8. The number of aryl methyl sites for hydroxylation is 1. The molecule has 0 radical (unpaired) electrons. The number of aromatic nitrogens is 1. The Hall–Kier alpha value is -4.78. The van der Waals surface area contributed by atoms with E-state index >= 15 is 0 Å². The van der Waals surface area contributed by atoms with Crippen molar-refractivity contribution in [3.8, 4) is 0 Å². The third kappa shape index (κ3) is 20.7. The lowest BCUT2D eigenvalue weighted by atomic mass is 10.1. The van der Waals surface area contributed by atoms with E-state index in [2.05, 4.69) is 48.1 Å². The summed E-state index contributed by atoms with van der Waals surface area (Å²) >= 11 is -0.750. The SMILES string of the molecule is C.CC(C)C=O.CC(C)c1ccc2n1CCNC2=O.Cc1ccccc1.O=C1CCCNC1.O=S(=O)(/C=C/c1ccccc1)c1ccccc1.O=S=O. The van der Waals surface area contributed by atoms with Gasteiger partial charge in [-0.2, -0.15) is 8.42 Å². The second-order valence-electron chi connectivity index (χ2n) is 12.2. The van der Waals surface area contributed by atoms with Crippen molar-refractivity contribution in [2.75, 3.05) is 19.6 Å². The molecular formula is C41H55N3O7S2. The lowest BCUT2D eigenvalue weighted by molar-refractivity contribution is -0.119. The smallest absolute Gasteiger partial charge is 0.335 e. The maximum absolute atomic E-state index is 11.9. The zero-order valence-electron chi connectivity index (χ0n) is 30.6. The first kappa shape index (κ1) is 48.2. The number of carbonyl (C=O) groups is 3. The third-order valence-electron chi connectivity index (χ3n) is 7.11. The molecular weight excluding hydrogens is 711 g/mol. The van der Waals surface area contributed by atoms with Crippen molar-refractivity contribution in [2.45, 2.75) is 72.2 Å². The molecule has 288 valence electrons. The molecule has 10 nitrogen and oxygen atoms in total. The lowest BCUT2D eigenvalue weighted by Crippen LogP contribution is -2.35. The van der Waals surface area contributed by atoms with Gasteiger partial charge in [-0.25, -0.2) is 8.42 Å².